The van der Waals surface area contributed by atoms with Crippen molar-refractivity contribution in [1.82, 2.24) is 10.2 Å². The Morgan fingerprint density at radius 2 is 1.94 bits per heavy atom. The van der Waals surface area contributed by atoms with E-state index in [9.17, 15) is 18.0 Å². The van der Waals surface area contributed by atoms with Crippen LogP contribution in [0.15, 0.2) is 48.5 Å². The van der Waals surface area contributed by atoms with Gasteiger partial charge in [0.05, 0.1) is 23.8 Å². The fourth-order valence-corrected chi connectivity index (χ4v) is 5.18. The lowest BCUT2D eigenvalue weighted by molar-refractivity contribution is -0.138. The predicted molar refractivity (Wildman–Crippen MR) is 125 cm³/mol. The SMILES string of the molecule is Cc1cc([C@@H](C)OC[C@@]2(c3ccccc3)CC[C@H](N3CCCCC3=O)CN2)cc(C(F)(F)F)c1. The number of halogens is 3. The lowest BCUT2D eigenvalue weighted by Gasteiger charge is -2.46. The minimum absolute atomic E-state index is 0.160. The van der Waals surface area contributed by atoms with Gasteiger partial charge in [-0.1, -0.05) is 42.0 Å². The van der Waals surface area contributed by atoms with E-state index in [-0.39, 0.29) is 11.9 Å². The molecule has 0 unspecified atom stereocenters. The lowest BCUT2D eigenvalue weighted by Crippen LogP contribution is -2.58. The number of nitrogens with one attached hydrogen (secondary N) is 1. The highest BCUT2D eigenvalue weighted by atomic mass is 19.4. The summed E-state index contributed by atoms with van der Waals surface area (Å²) in [4.78, 5) is 14.4. The number of ether oxygens (including phenoxy) is 1. The highest BCUT2D eigenvalue weighted by molar-refractivity contribution is 5.77. The van der Waals surface area contributed by atoms with Crippen molar-refractivity contribution in [2.75, 3.05) is 19.7 Å². The van der Waals surface area contributed by atoms with Gasteiger partial charge in [0.25, 0.3) is 0 Å². The molecule has 2 fully saturated rings. The summed E-state index contributed by atoms with van der Waals surface area (Å²) in [5.41, 5.74) is 1.05. The number of alkyl halides is 3. The molecule has 4 rings (SSSR count). The Hall–Kier alpha value is -2.38. The van der Waals surface area contributed by atoms with Crippen molar-refractivity contribution >= 4 is 5.91 Å². The first-order valence-electron chi connectivity index (χ1n) is 12.1. The van der Waals surface area contributed by atoms with E-state index in [2.05, 4.69) is 17.4 Å². The molecule has 184 valence electrons. The molecule has 2 aliphatic heterocycles. The first kappa shape index (κ1) is 24.7. The predicted octanol–water partition coefficient (Wildman–Crippen LogP) is 5.75. The van der Waals surface area contributed by atoms with Crippen molar-refractivity contribution < 1.29 is 22.7 Å². The quantitative estimate of drug-likeness (QED) is 0.580. The first-order chi connectivity index (χ1) is 16.2. The van der Waals surface area contributed by atoms with Gasteiger partial charge in [0.2, 0.25) is 5.91 Å². The molecule has 2 aromatic carbocycles. The van der Waals surface area contributed by atoms with E-state index >= 15 is 0 Å². The molecular weight excluding hydrogens is 441 g/mol. The molecule has 34 heavy (non-hydrogen) atoms. The summed E-state index contributed by atoms with van der Waals surface area (Å²) >= 11 is 0. The molecule has 3 atom stereocenters. The molecule has 1 amide bonds. The Kier molecular flexibility index (Phi) is 7.33. The van der Waals surface area contributed by atoms with Crippen LogP contribution in [0.1, 0.15) is 67.4 Å². The molecule has 0 aliphatic carbocycles. The molecule has 2 aromatic rings. The number of aryl methyl sites for hydroxylation is 1. The smallest absolute Gasteiger partial charge is 0.372 e. The van der Waals surface area contributed by atoms with Gasteiger partial charge in [0.15, 0.2) is 0 Å². The summed E-state index contributed by atoms with van der Waals surface area (Å²) in [6.45, 7) is 5.27. The van der Waals surface area contributed by atoms with E-state index in [4.69, 9.17) is 4.74 Å². The Balaban J connectivity index is 1.50. The molecule has 2 heterocycles. The van der Waals surface area contributed by atoms with E-state index in [0.717, 1.165) is 43.9 Å². The van der Waals surface area contributed by atoms with Gasteiger partial charge in [-0.15, -0.1) is 0 Å². The zero-order valence-corrected chi connectivity index (χ0v) is 19.8. The number of likely N-dealkylation sites (tertiary alicyclic amines) is 1. The summed E-state index contributed by atoms with van der Waals surface area (Å²) in [6.07, 6.45) is -0.624. The van der Waals surface area contributed by atoms with Crippen LogP contribution in [-0.4, -0.2) is 36.5 Å². The van der Waals surface area contributed by atoms with Crippen LogP contribution in [0, 0.1) is 6.92 Å². The van der Waals surface area contributed by atoms with Crippen LogP contribution in [0.4, 0.5) is 13.2 Å². The van der Waals surface area contributed by atoms with Crippen LogP contribution in [0.3, 0.4) is 0 Å². The number of amides is 1. The molecule has 0 spiro atoms. The third kappa shape index (κ3) is 5.47. The van der Waals surface area contributed by atoms with E-state index in [0.29, 0.717) is 30.7 Å². The highest BCUT2D eigenvalue weighted by Crippen LogP contribution is 2.36. The molecule has 7 heteroatoms. The van der Waals surface area contributed by atoms with Gasteiger partial charge in [0.1, 0.15) is 0 Å². The second-order valence-corrected chi connectivity index (χ2v) is 9.65. The first-order valence-corrected chi connectivity index (χ1v) is 12.1. The van der Waals surface area contributed by atoms with Crippen molar-refractivity contribution in [3.8, 4) is 0 Å². The van der Waals surface area contributed by atoms with Gasteiger partial charge in [-0.25, -0.2) is 0 Å². The average Bonchev–Trinajstić information content (AvgIpc) is 2.83. The van der Waals surface area contributed by atoms with Crippen LogP contribution < -0.4 is 5.32 Å². The minimum Gasteiger partial charge on any atom is -0.372 e. The zero-order valence-electron chi connectivity index (χ0n) is 19.8. The molecule has 4 nitrogen and oxygen atoms in total. The molecule has 2 saturated heterocycles. The minimum atomic E-state index is -4.39. The van der Waals surface area contributed by atoms with Crippen LogP contribution in [0.25, 0.3) is 0 Å². The van der Waals surface area contributed by atoms with E-state index in [1.807, 2.05) is 23.1 Å². The monoisotopic (exact) mass is 474 g/mol. The maximum Gasteiger partial charge on any atom is 0.416 e. The molecule has 1 N–H and O–H groups in total. The molecule has 0 bridgehead atoms. The number of hydrogen-bond acceptors (Lipinski definition) is 3. The fourth-order valence-electron chi connectivity index (χ4n) is 5.18. The summed E-state index contributed by atoms with van der Waals surface area (Å²) < 4.78 is 46.2. The maximum atomic E-state index is 13.3. The van der Waals surface area contributed by atoms with Crippen LogP contribution >= 0.6 is 0 Å². The number of rotatable bonds is 6. The van der Waals surface area contributed by atoms with Crippen molar-refractivity contribution in [2.24, 2.45) is 0 Å². The third-order valence-electron chi connectivity index (χ3n) is 7.18. The highest BCUT2D eigenvalue weighted by Gasteiger charge is 2.40. The molecule has 0 radical (unpaired) electrons. The average molecular weight is 475 g/mol. The second-order valence-electron chi connectivity index (χ2n) is 9.65. The van der Waals surface area contributed by atoms with Crippen molar-refractivity contribution in [3.05, 3.63) is 70.8 Å². The van der Waals surface area contributed by atoms with E-state index < -0.39 is 23.4 Å². The number of carbonyl (C=O) groups excluding carboxylic acids is 1. The van der Waals surface area contributed by atoms with Gasteiger partial charge in [-0.05, 0) is 62.8 Å². The van der Waals surface area contributed by atoms with Crippen LogP contribution in [0.5, 0.6) is 0 Å². The number of benzene rings is 2. The van der Waals surface area contributed by atoms with Gasteiger partial charge in [-0.3, -0.25) is 4.79 Å². The standard InChI is InChI=1S/C27H33F3N2O2/c1-19-14-21(16-23(15-19)27(28,29)30)20(2)34-18-26(22-8-4-3-5-9-22)12-11-24(17-31-26)32-13-7-6-10-25(32)33/h3-5,8-9,14-16,20,24,31H,6-7,10-13,17-18H2,1-2H3/t20-,24+,26-/m1/s1. The normalized spacial score (nSPS) is 24.8. The Labute approximate surface area is 199 Å². The number of hydrogen-bond donors (Lipinski definition) is 1. The number of nitrogens with zero attached hydrogens (tertiary/aromatic N) is 1. The summed E-state index contributed by atoms with van der Waals surface area (Å²) in [5, 5.41) is 3.67. The lowest BCUT2D eigenvalue weighted by atomic mass is 9.81. The Morgan fingerprint density at radius 3 is 2.59 bits per heavy atom. The largest absolute Gasteiger partial charge is 0.416 e. The van der Waals surface area contributed by atoms with Gasteiger partial charge < -0.3 is 15.0 Å². The topological polar surface area (TPSA) is 41.6 Å². The number of carbonyl (C=O) groups is 1. The van der Waals surface area contributed by atoms with Gasteiger partial charge in [0, 0.05) is 25.6 Å². The maximum absolute atomic E-state index is 13.3. The van der Waals surface area contributed by atoms with E-state index in [1.165, 1.54) is 6.07 Å². The third-order valence-corrected chi connectivity index (χ3v) is 7.18. The van der Waals surface area contributed by atoms with Gasteiger partial charge >= 0.3 is 6.18 Å². The fraction of sp³-hybridized carbons (Fsp3) is 0.519. The second kappa shape index (κ2) is 10.1. The molecule has 2 aliphatic rings. The summed E-state index contributed by atoms with van der Waals surface area (Å²) in [7, 11) is 0. The Bertz CT molecular complexity index is 985. The summed E-state index contributed by atoms with van der Waals surface area (Å²) in [5.74, 6) is 0.232. The molecule has 0 aromatic heterocycles. The summed E-state index contributed by atoms with van der Waals surface area (Å²) in [6, 6.07) is 14.3. The zero-order chi connectivity index (χ0) is 24.3. The Morgan fingerprint density at radius 1 is 1.18 bits per heavy atom. The molecule has 0 saturated carbocycles. The molecular formula is C27H33F3N2O2. The van der Waals surface area contributed by atoms with Crippen molar-refractivity contribution in [1.29, 1.82) is 0 Å². The van der Waals surface area contributed by atoms with Gasteiger partial charge in [-0.2, -0.15) is 13.2 Å². The van der Waals surface area contributed by atoms with Crippen molar-refractivity contribution in [3.63, 3.8) is 0 Å². The number of piperidine rings is 2. The van der Waals surface area contributed by atoms with Crippen LogP contribution in [-0.2, 0) is 21.2 Å². The van der Waals surface area contributed by atoms with Crippen LogP contribution in [0.2, 0.25) is 0 Å². The van der Waals surface area contributed by atoms with Crippen molar-refractivity contribution in [2.45, 2.75) is 69.8 Å². The van der Waals surface area contributed by atoms with E-state index in [1.54, 1.807) is 19.9 Å².